The number of carbonyl (C=O) groups excluding carboxylic acids is 1. The Kier molecular flexibility index (Phi) is 4.00. The highest BCUT2D eigenvalue weighted by atomic mass is 16.1. The van der Waals surface area contributed by atoms with Crippen LogP contribution in [-0.2, 0) is 10.3 Å². The summed E-state index contributed by atoms with van der Waals surface area (Å²) in [4.78, 5) is 14.4. The summed E-state index contributed by atoms with van der Waals surface area (Å²) in [5, 5.41) is 0. The summed E-state index contributed by atoms with van der Waals surface area (Å²) in [5.41, 5.74) is 11.7. The normalized spacial score (nSPS) is 28.2. The average molecular weight is 287 g/mol. The van der Waals surface area contributed by atoms with Gasteiger partial charge >= 0.3 is 0 Å². The second-order valence-corrected chi connectivity index (χ2v) is 6.66. The van der Waals surface area contributed by atoms with Gasteiger partial charge in [0.05, 0.1) is 0 Å². The van der Waals surface area contributed by atoms with E-state index in [-0.39, 0.29) is 0 Å². The fourth-order valence-electron chi connectivity index (χ4n) is 3.99. The Labute approximate surface area is 126 Å². The van der Waals surface area contributed by atoms with Crippen molar-refractivity contribution in [1.29, 1.82) is 0 Å². The molecule has 0 bridgehead atoms. The molecule has 1 aliphatic heterocycles. The Hall–Kier alpha value is -1.39. The minimum atomic E-state index is -1.06. The standard InChI is InChI=1S/C17H25N3O/c18-16(21)17(19,15-7-2-1-3-8-15)9-10-20-11-13-5-4-6-14(13)12-20/h1-3,7-8,13-14H,4-6,9-12,19H2,(H2,18,21). The van der Waals surface area contributed by atoms with Gasteiger partial charge in [-0.2, -0.15) is 0 Å². The highest BCUT2D eigenvalue weighted by Crippen LogP contribution is 2.38. The SMILES string of the molecule is NC(=O)C(N)(CCN1CC2CCCC2C1)c1ccccc1. The van der Waals surface area contributed by atoms with Crippen LogP contribution in [0.25, 0.3) is 0 Å². The second-order valence-electron chi connectivity index (χ2n) is 6.66. The van der Waals surface area contributed by atoms with Crippen molar-refractivity contribution in [1.82, 2.24) is 4.90 Å². The minimum absolute atomic E-state index is 0.437. The molecule has 1 saturated heterocycles. The van der Waals surface area contributed by atoms with E-state index in [9.17, 15) is 4.79 Å². The van der Waals surface area contributed by atoms with Gasteiger partial charge in [-0.05, 0) is 36.7 Å². The minimum Gasteiger partial charge on any atom is -0.368 e. The van der Waals surface area contributed by atoms with Crippen LogP contribution in [-0.4, -0.2) is 30.4 Å². The van der Waals surface area contributed by atoms with E-state index in [4.69, 9.17) is 11.5 Å². The molecule has 3 unspecified atom stereocenters. The van der Waals surface area contributed by atoms with E-state index < -0.39 is 11.4 Å². The van der Waals surface area contributed by atoms with Crippen LogP contribution >= 0.6 is 0 Å². The highest BCUT2D eigenvalue weighted by molar-refractivity contribution is 5.85. The molecule has 1 aromatic rings. The molecule has 1 saturated carbocycles. The van der Waals surface area contributed by atoms with E-state index in [1.165, 1.54) is 19.3 Å². The maximum absolute atomic E-state index is 11.9. The van der Waals surface area contributed by atoms with Crippen molar-refractivity contribution in [2.24, 2.45) is 23.3 Å². The first-order valence-corrected chi connectivity index (χ1v) is 7.96. The number of carbonyl (C=O) groups is 1. The number of nitrogens with zero attached hydrogens (tertiary/aromatic N) is 1. The Morgan fingerprint density at radius 1 is 1.19 bits per heavy atom. The summed E-state index contributed by atoms with van der Waals surface area (Å²) in [7, 11) is 0. The van der Waals surface area contributed by atoms with Crippen molar-refractivity contribution in [2.45, 2.75) is 31.2 Å². The van der Waals surface area contributed by atoms with Gasteiger partial charge in [0.15, 0.2) is 0 Å². The van der Waals surface area contributed by atoms with E-state index in [1.807, 2.05) is 30.3 Å². The summed E-state index contributed by atoms with van der Waals surface area (Å²) in [5.74, 6) is 1.29. The van der Waals surface area contributed by atoms with Crippen LogP contribution in [0.5, 0.6) is 0 Å². The smallest absolute Gasteiger partial charge is 0.242 e. The molecule has 0 aromatic heterocycles. The van der Waals surface area contributed by atoms with Crippen molar-refractivity contribution >= 4 is 5.91 Å². The van der Waals surface area contributed by atoms with E-state index >= 15 is 0 Å². The van der Waals surface area contributed by atoms with Crippen LogP contribution in [0.2, 0.25) is 0 Å². The van der Waals surface area contributed by atoms with Gasteiger partial charge in [0, 0.05) is 19.6 Å². The molecular formula is C17H25N3O. The first-order valence-electron chi connectivity index (χ1n) is 7.96. The molecule has 3 atom stereocenters. The zero-order valence-corrected chi connectivity index (χ0v) is 12.5. The summed E-state index contributed by atoms with van der Waals surface area (Å²) in [6, 6.07) is 9.51. The van der Waals surface area contributed by atoms with Crippen molar-refractivity contribution in [3.63, 3.8) is 0 Å². The summed E-state index contributed by atoms with van der Waals surface area (Å²) < 4.78 is 0. The number of nitrogens with two attached hydrogens (primary N) is 2. The molecule has 4 nitrogen and oxygen atoms in total. The lowest BCUT2D eigenvalue weighted by Gasteiger charge is -2.29. The van der Waals surface area contributed by atoms with Crippen LogP contribution in [0.3, 0.4) is 0 Å². The van der Waals surface area contributed by atoms with E-state index in [2.05, 4.69) is 4.90 Å². The van der Waals surface area contributed by atoms with Crippen LogP contribution < -0.4 is 11.5 Å². The average Bonchev–Trinajstić information content (AvgIpc) is 3.06. The molecule has 1 aromatic carbocycles. The van der Waals surface area contributed by atoms with Crippen molar-refractivity contribution in [2.75, 3.05) is 19.6 Å². The maximum Gasteiger partial charge on any atom is 0.242 e. The molecule has 4 N–H and O–H groups in total. The van der Waals surface area contributed by atoms with Gasteiger partial charge in [0.1, 0.15) is 5.54 Å². The number of hydrogen-bond donors (Lipinski definition) is 2. The zero-order valence-electron chi connectivity index (χ0n) is 12.5. The van der Waals surface area contributed by atoms with Crippen molar-refractivity contribution in [3.05, 3.63) is 35.9 Å². The number of benzene rings is 1. The molecule has 1 aliphatic carbocycles. The van der Waals surface area contributed by atoms with Crippen LogP contribution in [0.4, 0.5) is 0 Å². The Morgan fingerprint density at radius 2 is 1.81 bits per heavy atom. The predicted octanol–water partition coefficient (Wildman–Crippen LogP) is 1.45. The Morgan fingerprint density at radius 3 is 2.38 bits per heavy atom. The van der Waals surface area contributed by atoms with Gasteiger partial charge in [-0.15, -0.1) is 0 Å². The number of fused-ring (bicyclic) bond motifs is 1. The van der Waals surface area contributed by atoms with E-state index in [1.54, 1.807) is 0 Å². The third-order valence-corrected chi connectivity index (χ3v) is 5.35. The number of primary amides is 1. The molecule has 2 fully saturated rings. The summed E-state index contributed by atoms with van der Waals surface area (Å²) in [6.07, 6.45) is 4.70. The molecule has 1 amide bonds. The number of rotatable bonds is 5. The molecule has 0 spiro atoms. The molecule has 21 heavy (non-hydrogen) atoms. The summed E-state index contributed by atoms with van der Waals surface area (Å²) in [6.45, 7) is 3.17. The molecule has 4 heteroatoms. The molecule has 114 valence electrons. The highest BCUT2D eigenvalue weighted by Gasteiger charge is 2.38. The third-order valence-electron chi connectivity index (χ3n) is 5.35. The lowest BCUT2D eigenvalue weighted by molar-refractivity contribution is -0.123. The van der Waals surface area contributed by atoms with Gasteiger partial charge in [-0.1, -0.05) is 36.8 Å². The van der Waals surface area contributed by atoms with Gasteiger partial charge in [-0.25, -0.2) is 0 Å². The predicted molar refractivity (Wildman–Crippen MR) is 83.4 cm³/mol. The topological polar surface area (TPSA) is 72.3 Å². The number of likely N-dealkylation sites (tertiary alicyclic amines) is 1. The summed E-state index contributed by atoms with van der Waals surface area (Å²) >= 11 is 0. The second kappa shape index (κ2) is 5.78. The van der Waals surface area contributed by atoms with E-state index in [0.29, 0.717) is 6.42 Å². The maximum atomic E-state index is 11.9. The first kappa shape index (κ1) is 14.5. The quantitative estimate of drug-likeness (QED) is 0.861. The molecular weight excluding hydrogens is 262 g/mol. The van der Waals surface area contributed by atoms with Crippen LogP contribution in [0.1, 0.15) is 31.2 Å². The number of amides is 1. The molecule has 2 aliphatic rings. The van der Waals surface area contributed by atoms with Crippen LogP contribution in [0, 0.1) is 11.8 Å². The monoisotopic (exact) mass is 287 g/mol. The Balaban J connectivity index is 1.65. The molecule has 3 rings (SSSR count). The number of hydrogen-bond acceptors (Lipinski definition) is 3. The van der Waals surface area contributed by atoms with Gasteiger partial charge in [0.25, 0.3) is 0 Å². The largest absolute Gasteiger partial charge is 0.368 e. The van der Waals surface area contributed by atoms with Gasteiger partial charge < -0.3 is 16.4 Å². The zero-order chi connectivity index (χ0) is 14.9. The fraction of sp³-hybridized carbons (Fsp3) is 0.588. The van der Waals surface area contributed by atoms with Gasteiger partial charge in [-0.3, -0.25) is 4.79 Å². The molecule has 0 radical (unpaired) electrons. The first-order chi connectivity index (χ1) is 10.1. The third kappa shape index (κ3) is 2.83. The lowest BCUT2D eigenvalue weighted by Crippen LogP contribution is -2.50. The van der Waals surface area contributed by atoms with Gasteiger partial charge in [0.2, 0.25) is 5.91 Å². The van der Waals surface area contributed by atoms with Crippen molar-refractivity contribution in [3.8, 4) is 0 Å². The van der Waals surface area contributed by atoms with Crippen LogP contribution in [0.15, 0.2) is 30.3 Å². The molecule has 1 heterocycles. The Bertz CT molecular complexity index is 492. The lowest BCUT2D eigenvalue weighted by atomic mass is 9.86. The van der Waals surface area contributed by atoms with E-state index in [0.717, 1.165) is 37.0 Å². The van der Waals surface area contributed by atoms with Crippen molar-refractivity contribution < 1.29 is 4.79 Å². The fourth-order valence-corrected chi connectivity index (χ4v) is 3.99.